The molecule has 0 rings (SSSR count). The van der Waals surface area contributed by atoms with Crippen LogP contribution in [0.4, 0.5) is 0 Å². The maximum Gasteiger partial charge on any atom is 0.303 e. The standard InChI is InChI=1S/C10H24N2.C8H14O4/c11-9-7-5-3-1-2-4-6-8-10-12;9-7(10)5-3-1-2-4-6-8(11)12/h1-12H2;1-6H2,(H,9,10)(H,11,12). The van der Waals surface area contributed by atoms with Crippen LogP contribution >= 0.6 is 0 Å². The number of unbranched alkanes of at least 4 members (excludes halogenated alkanes) is 10. The molecule has 24 heavy (non-hydrogen) atoms. The highest BCUT2D eigenvalue weighted by Gasteiger charge is 1.98. The predicted octanol–water partition coefficient (Wildman–Crippen LogP) is 3.52. The summed E-state index contributed by atoms with van der Waals surface area (Å²) < 4.78 is 0. The maximum absolute atomic E-state index is 10.0. The van der Waals surface area contributed by atoms with Gasteiger partial charge in [0.05, 0.1) is 0 Å². The normalized spacial score (nSPS) is 10.1. The van der Waals surface area contributed by atoms with Crippen LogP contribution in [0.1, 0.15) is 89.9 Å². The summed E-state index contributed by atoms with van der Waals surface area (Å²) >= 11 is 0. The molecule has 0 saturated carbocycles. The zero-order valence-corrected chi connectivity index (χ0v) is 15.2. The van der Waals surface area contributed by atoms with Crippen LogP contribution in [-0.2, 0) is 9.59 Å². The number of carbonyl (C=O) groups is 2. The van der Waals surface area contributed by atoms with Crippen LogP contribution < -0.4 is 11.5 Å². The van der Waals surface area contributed by atoms with Crippen molar-refractivity contribution in [1.29, 1.82) is 0 Å². The van der Waals surface area contributed by atoms with E-state index in [9.17, 15) is 9.59 Å². The molecular weight excluding hydrogens is 308 g/mol. The summed E-state index contributed by atoms with van der Waals surface area (Å²) in [6.45, 7) is 1.71. The minimum absolute atomic E-state index is 0.188. The van der Waals surface area contributed by atoms with Gasteiger partial charge in [-0.3, -0.25) is 9.59 Å². The molecule has 0 saturated heterocycles. The first-order valence-electron chi connectivity index (χ1n) is 9.38. The van der Waals surface area contributed by atoms with Gasteiger partial charge in [0.15, 0.2) is 0 Å². The molecule has 0 aromatic carbocycles. The van der Waals surface area contributed by atoms with Crippen molar-refractivity contribution in [3.8, 4) is 0 Å². The second-order valence-electron chi connectivity index (χ2n) is 6.11. The third kappa shape index (κ3) is 28.9. The fourth-order valence-electron chi connectivity index (χ4n) is 2.26. The van der Waals surface area contributed by atoms with E-state index < -0.39 is 11.9 Å². The zero-order valence-electron chi connectivity index (χ0n) is 15.2. The number of carboxylic acid groups (broad SMARTS) is 2. The quantitative estimate of drug-likeness (QED) is 0.317. The van der Waals surface area contributed by atoms with Crippen molar-refractivity contribution in [2.45, 2.75) is 89.9 Å². The Morgan fingerprint density at radius 3 is 1.00 bits per heavy atom. The zero-order chi connectivity index (χ0) is 18.5. The van der Waals surface area contributed by atoms with Gasteiger partial charge < -0.3 is 21.7 Å². The lowest BCUT2D eigenvalue weighted by atomic mass is 10.1. The van der Waals surface area contributed by atoms with Crippen molar-refractivity contribution in [2.24, 2.45) is 11.5 Å². The number of carboxylic acids is 2. The van der Waals surface area contributed by atoms with Crippen LogP contribution in [0.2, 0.25) is 0 Å². The first-order valence-corrected chi connectivity index (χ1v) is 9.38. The van der Waals surface area contributed by atoms with Crippen molar-refractivity contribution in [1.82, 2.24) is 0 Å². The molecule has 6 nitrogen and oxygen atoms in total. The number of rotatable bonds is 16. The van der Waals surface area contributed by atoms with E-state index in [-0.39, 0.29) is 12.8 Å². The molecule has 0 unspecified atom stereocenters. The van der Waals surface area contributed by atoms with Crippen LogP contribution in [0.3, 0.4) is 0 Å². The van der Waals surface area contributed by atoms with Gasteiger partial charge in [-0.15, -0.1) is 0 Å². The average molecular weight is 347 g/mol. The fraction of sp³-hybridized carbons (Fsp3) is 0.889. The van der Waals surface area contributed by atoms with Crippen molar-refractivity contribution in [3.05, 3.63) is 0 Å². The summed E-state index contributed by atoms with van der Waals surface area (Å²) in [5.74, 6) is -1.57. The monoisotopic (exact) mass is 346 g/mol. The van der Waals surface area contributed by atoms with Crippen molar-refractivity contribution in [2.75, 3.05) is 13.1 Å². The van der Waals surface area contributed by atoms with Gasteiger partial charge in [0, 0.05) is 12.8 Å². The summed E-state index contributed by atoms with van der Waals surface area (Å²) in [6, 6.07) is 0. The average Bonchev–Trinajstić information content (AvgIpc) is 2.53. The Morgan fingerprint density at radius 1 is 0.500 bits per heavy atom. The molecule has 6 heteroatoms. The van der Waals surface area contributed by atoms with E-state index in [1.165, 1.54) is 51.4 Å². The maximum atomic E-state index is 10.0. The van der Waals surface area contributed by atoms with Gasteiger partial charge in [-0.25, -0.2) is 0 Å². The smallest absolute Gasteiger partial charge is 0.303 e. The Labute approximate surface area is 147 Å². The molecule has 0 aliphatic heterocycles. The van der Waals surface area contributed by atoms with E-state index >= 15 is 0 Å². The van der Waals surface area contributed by atoms with E-state index in [1.807, 2.05) is 0 Å². The molecule has 144 valence electrons. The molecule has 0 aliphatic rings. The number of hydrogen-bond donors (Lipinski definition) is 4. The first kappa shape index (κ1) is 25.1. The molecule has 0 aromatic heterocycles. The van der Waals surface area contributed by atoms with Gasteiger partial charge in [0.2, 0.25) is 0 Å². The molecule has 0 aromatic rings. The summed E-state index contributed by atoms with van der Waals surface area (Å²) in [7, 11) is 0. The van der Waals surface area contributed by atoms with Gasteiger partial charge in [-0.05, 0) is 38.8 Å². The van der Waals surface area contributed by atoms with E-state index in [4.69, 9.17) is 21.7 Å². The van der Waals surface area contributed by atoms with E-state index in [0.29, 0.717) is 12.8 Å². The number of aliphatic carboxylic acids is 2. The first-order chi connectivity index (χ1) is 11.5. The summed E-state index contributed by atoms with van der Waals surface area (Å²) in [6.07, 6.45) is 13.8. The van der Waals surface area contributed by atoms with Crippen molar-refractivity contribution < 1.29 is 19.8 Å². The van der Waals surface area contributed by atoms with Crippen molar-refractivity contribution in [3.63, 3.8) is 0 Å². The Bertz CT molecular complexity index is 258. The molecular formula is C18H38N2O4. The molecule has 6 N–H and O–H groups in total. The van der Waals surface area contributed by atoms with Crippen LogP contribution in [0, 0.1) is 0 Å². The summed E-state index contributed by atoms with van der Waals surface area (Å²) in [4.78, 5) is 20.1. The van der Waals surface area contributed by atoms with Crippen molar-refractivity contribution >= 4 is 11.9 Å². The SMILES string of the molecule is NCCCCCCCCCCN.O=C(O)CCCCCCC(=O)O. The molecule has 0 radical (unpaired) electrons. The Hall–Kier alpha value is -1.14. The fourth-order valence-corrected chi connectivity index (χ4v) is 2.26. The highest BCUT2D eigenvalue weighted by molar-refractivity contribution is 5.66. The van der Waals surface area contributed by atoms with Gasteiger partial charge in [0.25, 0.3) is 0 Å². The number of hydrogen-bond acceptors (Lipinski definition) is 4. The van der Waals surface area contributed by atoms with Crippen LogP contribution in [-0.4, -0.2) is 35.2 Å². The van der Waals surface area contributed by atoms with Crippen LogP contribution in [0.5, 0.6) is 0 Å². The second-order valence-corrected chi connectivity index (χ2v) is 6.11. The van der Waals surface area contributed by atoms with E-state index in [0.717, 1.165) is 25.9 Å². The molecule has 0 bridgehead atoms. The van der Waals surface area contributed by atoms with Gasteiger partial charge in [0.1, 0.15) is 0 Å². The Kier molecular flexibility index (Phi) is 22.9. The Morgan fingerprint density at radius 2 is 0.750 bits per heavy atom. The minimum Gasteiger partial charge on any atom is -0.481 e. The molecule has 0 spiro atoms. The molecule has 0 aliphatic carbocycles. The molecule has 0 fully saturated rings. The largest absolute Gasteiger partial charge is 0.481 e. The predicted molar refractivity (Wildman–Crippen MR) is 98.0 cm³/mol. The summed E-state index contributed by atoms with van der Waals surface area (Å²) in [5.41, 5.74) is 10.8. The summed E-state index contributed by atoms with van der Waals surface area (Å²) in [5, 5.41) is 16.5. The second kappa shape index (κ2) is 21.9. The lowest BCUT2D eigenvalue weighted by Crippen LogP contribution is -1.98. The highest BCUT2D eigenvalue weighted by atomic mass is 16.4. The van der Waals surface area contributed by atoms with Gasteiger partial charge in [-0.2, -0.15) is 0 Å². The molecule has 0 atom stereocenters. The third-order valence-corrected chi connectivity index (χ3v) is 3.69. The topological polar surface area (TPSA) is 127 Å². The Balaban J connectivity index is 0. The molecule has 0 amide bonds. The minimum atomic E-state index is -0.784. The third-order valence-electron chi connectivity index (χ3n) is 3.69. The number of nitrogens with two attached hydrogens (primary N) is 2. The lowest BCUT2D eigenvalue weighted by Gasteiger charge is -2.00. The van der Waals surface area contributed by atoms with Crippen LogP contribution in [0.25, 0.3) is 0 Å². The van der Waals surface area contributed by atoms with Crippen LogP contribution in [0.15, 0.2) is 0 Å². The van der Waals surface area contributed by atoms with E-state index in [2.05, 4.69) is 0 Å². The highest BCUT2D eigenvalue weighted by Crippen LogP contribution is 2.07. The van der Waals surface area contributed by atoms with E-state index in [1.54, 1.807) is 0 Å². The van der Waals surface area contributed by atoms with Gasteiger partial charge >= 0.3 is 11.9 Å². The molecule has 0 heterocycles. The lowest BCUT2D eigenvalue weighted by molar-refractivity contribution is -0.138. The van der Waals surface area contributed by atoms with Gasteiger partial charge in [-0.1, -0.05) is 51.4 Å².